The maximum atomic E-state index is 13.7. The highest BCUT2D eigenvalue weighted by Gasteiger charge is 2.34. The lowest BCUT2D eigenvalue weighted by molar-refractivity contribution is -0.138. The van der Waals surface area contributed by atoms with E-state index >= 15 is 0 Å². The number of piperidine rings is 2. The lowest BCUT2D eigenvalue weighted by Crippen LogP contribution is -2.46. The average molecular weight is 582 g/mol. The molecule has 0 atom stereocenters. The van der Waals surface area contributed by atoms with E-state index in [0.717, 1.165) is 43.6 Å². The minimum Gasteiger partial charge on any atom is -0.405 e. The van der Waals surface area contributed by atoms with Gasteiger partial charge in [0.1, 0.15) is 5.82 Å². The van der Waals surface area contributed by atoms with Gasteiger partial charge in [0.25, 0.3) is 0 Å². The molecular weight excluding hydrogens is 547 g/mol. The molecule has 0 bridgehead atoms. The summed E-state index contributed by atoms with van der Waals surface area (Å²) in [5, 5.41) is 0. The average Bonchev–Trinajstić information content (AvgIpc) is 3.28. The highest BCUT2D eigenvalue weighted by atomic mass is 19.4. The predicted molar refractivity (Wildman–Crippen MR) is 155 cm³/mol. The Morgan fingerprint density at radius 1 is 1.07 bits per heavy atom. The summed E-state index contributed by atoms with van der Waals surface area (Å²) in [6.45, 7) is 6.70. The third-order valence-corrected chi connectivity index (χ3v) is 8.13. The van der Waals surface area contributed by atoms with E-state index in [0.29, 0.717) is 38.0 Å². The van der Waals surface area contributed by atoms with Crippen molar-refractivity contribution in [3.63, 3.8) is 0 Å². The fourth-order valence-electron chi connectivity index (χ4n) is 6.03. The second kappa shape index (κ2) is 12.4. The highest BCUT2D eigenvalue weighted by Crippen LogP contribution is 2.34. The van der Waals surface area contributed by atoms with Crippen molar-refractivity contribution >= 4 is 23.7 Å². The third kappa shape index (κ3) is 6.03. The van der Waals surface area contributed by atoms with Crippen LogP contribution in [0.25, 0.3) is 16.9 Å². The van der Waals surface area contributed by atoms with Gasteiger partial charge in [-0.25, -0.2) is 14.3 Å². The minimum atomic E-state index is -4.55. The van der Waals surface area contributed by atoms with Crippen LogP contribution in [0.2, 0.25) is 0 Å². The van der Waals surface area contributed by atoms with E-state index in [1.807, 2.05) is 4.90 Å². The number of nitrogens with zero attached hydrogens (tertiary/aromatic N) is 6. The van der Waals surface area contributed by atoms with Crippen LogP contribution in [0.5, 0.6) is 0 Å². The molecule has 2 aliphatic heterocycles. The number of likely N-dealkylation sites (tertiary alicyclic amines) is 2. The quantitative estimate of drug-likeness (QED) is 0.334. The number of hydrogen-bond donors (Lipinski definition) is 1. The van der Waals surface area contributed by atoms with Gasteiger partial charge in [-0.3, -0.25) is 19.3 Å². The Balaban J connectivity index is 1.29. The molecule has 0 spiro atoms. The number of alkyl halides is 3. The normalized spacial score (nSPS) is 18.3. The predicted octanol–water partition coefficient (Wildman–Crippen LogP) is 4.14. The first kappa shape index (κ1) is 29.3. The molecule has 0 radical (unpaired) electrons. The van der Waals surface area contributed by atoms with Crippen LogP contribution in [0.3, 0.4) is 0 Å². The van der Waals surface area contributed by atoms with E-state index in [1.54, 1.807) is 35.0 Å². The van der Waals surface area contributed by atoms with Gasteiger partial charge in [0.2, 0.25) is 5.91 Å². The molecule has 2 N–H and O–H groups in total. The number of carbonyl (C=O) groups is 1. The lowest BCUT2D eigenvalue weighted by atomic mass is 9.93. The molecule has 2 fully saturated rings. The minimum absolute atomic E-state index is 0.0672. The first-order valence-corrected chi connectivity index (χ1v) is 14.0. The molecule has 222 valence electrons. The zero-order valence-electron chi connectivity index (χ0n) is 23.2. The van der Waals surface area contributed by atoms with Crippen molar-refractivity contribution in [3.05, 3.63) is 82.7 Å². The Bertz CT molecular complexity index is 1540. The van der Waals surface area contributed by atoms with Crippen LogP contribution in [0.15, 0.2) is 76.4 Å². The van der Waals surface area contributed by atoms with Crippen LogP contribution in [-0.2, 0) is 11.0 Å². The van der Waals surface area contributed by atoms with Crippen molar-refractivity contribution in [3.8, 4) is 5.82 Å². The monoisotopic (exact) mass is 581 g/mol. The molecule has 4 heterocycles. The number of fused-ring (bicyclic) bond motifs is 1. The maximum absolute atomic E-state index is 13.7. The van der Waals surface area contributed by atoms with Crippen LogP contribution >= 0.6 is 0 Å². The van der Waals surface area contributed by atoms with Gasteiger partial charge in [0, 0.05) is 44.0 Å². The molecule has 42 heavy (non-hydrogen) atoms. The Morgan fingerprint density at radius 2 is 1.81 bits per heavy atom. The van der Waals surface area contributed by atoms with Crippen LogP contribution in [-0.4, -0.2) is 69.3 Å². The highest BCUT2D eigenvalue weighted by molar-refractivity contribution is 5.80. The molecule has 3 aromatic rings. The van der Waals surface area contributed by atoms with Gasteiger partial charge in [-0.05, 0) is 93.7 Å². The number of nitrogens with two attached hydrogens (primary N) is 1. The number of benzene rings is 1. The molecule has 5 rings (SSSR count). The van der Waals surface area contributed by atoms with E-state index in [-0.39, 0.29) is 29.2 Å². The van der Waals surface area contributed by atoms with Crippen molar-refractivity contribution in [2.24, 2.45) is 16.6 Å². The summed E-state index contributed by atoms with van der Waals surface area (Å²) in [4.78, 5) is 39.3. The summed E-state index contributed by atoms with van der Waals surface area (Å²) in [7, 11) is 0. The number of aliphatic imine (C=N–C) groups is 1. The molecule has 0 saturated carbocycles. The standard InChI is InChI=1S/C30H34F3N7O2/c1-35-19-21(7-12-34)20-37-14-8-22(9-15-37)28(41)38-16-10-24(11-17-38)39-25-6-5-23(30(31,32)33)18-26(25)40(29(39)42)27-4-2-3-13-36-27/h2-7,12-13,18-19,22,24H,1,8-11,14-17,20,34H2/b12-7-,21-19+. The number of hydrogen-bond acceptors (Lipinski definition) is 6. The number of carbonyl (C=O) groups excluding carboxylic acids is 1. The summed E-state index contributed by atoms with van der Waals surface area (Å²) in [6, 6.07) is 8.08. The molecule has 0 unspecified atom stereocenters. The van der Waals surface area contributed by atoms with Crippen LogP contribution < -0.4 is 11.4 Å². The molecular formula is C30H34F3N7O2. The van der Waals surface area contributed by atoms with Crippen molar-refractivity contribution in [1.29, 1.82) is 0 Å². The molecule has 2 aliphatic rings. The summed E-state index contributed by atoms with van der Waals surface area (Å²) in [5.41, 5.74) is 5.78. The third-order valence-electron chi connectivity index (χ3n) is 8.13. The van der Waals surface area contributed by atoms with Gasteiger partial charge in [0.05, 0.1) is 16.6 Å². The molecule has 9 nitrogen and oxygen atoms in total. The van der Waals surface area contributed by atoms with Crippen molar-refractivity contribution in [1.82, 2.24) is 23.9 Å². The van der Waals surface area contributed by atoms with E-state index in [1.165, 1.54) is 23.0 Å². The number of pyridine rings is 1. The van der Waals surface area contributed by atoms with E-state index in [4.69, 9.17) is 5.73 Å². The van der Waals surface area contributed by atoms with Gasteiger partial charge in [-0.15, -0.1) is 0 Å². The van der Waals surface area contributed by atoms with Gasteiger partial charge in [0.15, 0.2) is 0 Å². The fraction of sp³-hybridized carbons (Fsp3) is 0.400. The topological polar surface area (TPSA) is 102 Å². The maximum Gasteiger partial charge on any atom is 0.416 e. The second-order valence-corrected chi connectivity index (χ2v) is 10.7. The van der Waals surface area contributed by atoms with Gasteiger partial charge in [-0.2, -0.15) is 13.2 Å². The molecule has 0 aliphatic carbocycles. The van der Waals surface area contributed by atoms with E-state index < -0.39 is 17.4 Å². The second-order valence-electron chi connectivity index (χ2n) is 10.7. The summed E-state index contributed by atoms with van der Waals surface area (Å²) < 4.78 is 43.5. The Morgan fingerprint density at radius 3 is 2.43 bits per heavy atom. The number of amides is 1. The zero-order chi connectivity index (χ0) is 29.9. The molecule has 1 amide bonds. The molecule has 12 heteroatoms. The number of halogens is 3. The van der Waals surface area contributed by atoms with Gasteiger partial charge in [-0.1, -0.05) is 6.07 Å². The summed E-state index contributed by atoms with van der Waals surface area (Å²) in [6.07, 6.45) is 4.45. The Hall–Kier alpha value is -4.19. The Kier molecular flexibility index (Phi) is 8.62. The SMILES string of the molecule is C=N/C=C(\C=C/N)CN1CCC(C(=O)N2CCC(n3c(=O)n(-c4ccccn4)c4cc(C(F)(F)F)ccc43)CC2)CC1. The van der Waals surface area contributed by atoms with Crippen molar-refractivity contribution < 1.29 is 18.0 Å². The smallest absolute Gasteiger partial charge is 0.405 e. The van der Waals surface area contributed by atoms with Crippen LogP contribution in [0.1, 0.15) is 37.3 Å². The lowest BCUT2D eigenvalue weighted by Gasteiger charge is -2.37. The zero-order valence-corrected chi connectivity index (χ0v) is 23.2. The molecule has 2 saturated heterocycles. The number of imidazole rings is 1. The molecule has 1 aromatic carbocycles. The van der Waals surface area contributed by atoms with Crippen LogP contribution in [0, 0.1) is 5.92 Å². The van der Waals surface area contributed by atoms with Gasteiger partial charge < -0.3 is 10.6 Å². The van der Waals surface area contributed by atoms with E-state index in [9.17, 15) is 22.8 Å². The van der Waals surface area contributed by atoms with E-state index in [2.05, 4.69) is 21.6 Å². The largest absolute Gasteiger partial charge is 0.416 e. The fourth-order valence-corrected chi connectivity index (χ4v) is 6.03. The molecule has 2 aromatic heterocycles. The number of aromatic nitrogens is 3. The first-order valence-electron chi connectivity index (χ1n) is 14.0. The first-order chi connectivity index (χ1) is 20.2. The Labute approximate surface area is 241 Å². The van der Waals surface area contributed by atoms with Gasteiger partial charge >= 0.3 is 11.9 Å². The van der Waals surface area contributed by atoms with Crippen molar-refractivity contribution in [2.75, 3.05) is 32.7 Å². The van der Waals surface area contributed by atoms with Crippen molar-refractivity contribution in [2.45, 2.75) is 37.9 Å². The summed E-state index contributed by atoms with van der Waals surface area (Å²) in [5.74, 6) is 0.311. The number of rotatable bonds is 7. The van der Waals surface area contributed by atoms with Crippen LogP contribution in [0.4, 0.5) is 13.2 Å². The summed E-state index contributed by atoms with van der Waals surface area (Å²) >= 11 is 0.